The second-order valence-corrected chi connectivity index (χ2v) is 8.06. The van der Waals surface area contributed by atoms with E-state index < -0.39 is 12.0 Å². The molecule has 1 aromatic carbocycles. The second kappa shape index (κ2) is 9.10. The fourth-order valence-corrected chi connectivity index (χ4v) is 4.01. The molecule has 1 aliphatic heterocycles. The van der Waals surface area contributed by atoms with Crippen molar-refractivity contribution in [2.24, 2.45) is 5.92 Å². The predicted molar refractivity (Wildman–Crippen MR) is 105 cm³/mol. The van der Waals surface area contributed by atoms with Crippen LogP contribution >= 0.6 is 11.3 Å². The number of carboxylic acids is 1. The quantitative estimate of drug-likeness (QED) is 0.763. The molecule has 0 unspecified atom stereocenters. The van der Waals surface area contributed by atoms with Crippen molar-refractivity contribution in [1.82, 2.24) is 15.2 Å². The molecule has 144 valence electrons. The Bertz CT molecular complexity index is 770. The highest BCUT2D eigenvalue weighted by molar-refractivity contribution is 7.09. The summed E-state index contributed by atoms with van der Waals surface area (Å²) in [5, 5.41) is 15.3. The minimum atomic E-state index is -0.997. The number of carbonyl (C=O) groups is 2. The van der Waals surface area contributed by atoms with Crippen molar-refractivity contribution in [3.63, 3.8) is 0 Å². The molecule has 1 aliphatic rings. The molecule has 0 saturated carbocycles. The molecule has 2 aromatic rings. The van der Waals surface area contributed by atoms with Crippen LogP contribution in [0.1, 0.15) is 29.1 Å². The van der Waals surface area contributed by atoms with Gasteiger partial charge in [0.1, 0.15) is 6.04 Å². The number of aromatic nitrogens is 1. The minimum absolute atomic E-state index is 0.129. The van der Waals surface area contributed by atoms with E-state index in [0.717, 1.165) is 48.7 Å². The van der Waals surface area contributed by atoms with Crippen molar-refractivity contribution in [2.75, 3.05) is 13.1 Å². The van der Waals surface area contributed by atoms with Crippen LogP contribution < -0.4 is 5.32 Å². The van der Waals surface area contributed by atoms with E-state index in [9.17, 15) is 14.7 Å². The molecule has 2 N–H and O–H groups in total. The van der Waals surface area contributed by atoms with Gasteiger partial charge in [-0.05, 0) is 38.4 Å². The zero-order chi connectivity index (χ0) is 19.2. The SMILES string of the molecule is Cc1nc(CN2CCC(C(=O)N[C@@H](Cc3ccccc3)C(=O)O)CC2)cs1. The van der Waals surface area contributed by atoms with Gasteiger partial charge in [0.25, 0.3) is 0 Å². The maximum absolute atomic E-state index is 12.6. The summed E-state index contributed by atoms with van der Waals surface area (Å²) in [4.78, 5) is 30.9. The third kappa shape index (κ3) is 5.61. The summed E-state index contributed by atoms with van der Waals surface area (Å²) in [6.07, 6.45) is 1.78. The molecule has 6 nitrogen and oxygen atoms in total. The summed E-state index contributed by atoms with van der Waals surface area (Å²) < 4.78 is 0. The highest BCUT2D eigenvalue weighted by atomic mass is 32.1. The van der Waals surface area contributed by atoms with E-state index in [-0.39, 0.29) is 11.8 Å². The molecule has 1 amide bonds. The Hall–Kier alpha value is -2.25. The van der Waals surface area contributed by atoms with Crippen LogP contribution in [0.3, 0.4) is 0 Å². The third-order valence-corrected chi connectivity index (χ3v) is 5.73. The molecular weight excluding hydrogens is 362 g/mol. The van der Waals surface area contributed by atoms with Gasteiger partial charge in [0.05, 0.1) is 10.7 Å². The Kier molecular flexibility index (Phi) is 6.58. The maximum atomic E-state index is 12.6. The van der Waals surface area contributed by atoms with Gasteiger partial charge in [-0.15, -0.1) is 11.3 Å². The first-order chi connectivity index (χ1) is 13.0. The third-order valence-electron chi connectivity index (χ3n) is 4.91. The molecule has 7 heteroatoms. The van der Waals surface area contributed by atoms with Gasteiger partial charge >= 0.3 is 5.97 Å². The number of amides is 1. The Labute approximate surface area is 163 Å². The number of hydrogen-bond acceptors (Lipinski definition) is 5. The van der Waals surface area contributed by atoms with Gasteiger partial charge in [-0.3, -0.25) is 9.69 Å². The zero-order valence-electron chi connectivity index (χ0n) is 15.4. The summed E-state index contributed by atoms with van der Waals surface area (Å²) >= 11 is 1.65. The van der Waals surface area contributed by atoms with E-state index in [1.54, 1.807) is 11.3 Å². The molecular formula is C20H25N3O3S. The van der Waals surface area contributed by atoms with Gasteiger partial charge in [0, 0.05) is 24.3 Å². The lowest BCUT2D eigenvalue weighted by molar-refractivity contribution is -0.142. The van der Waals surface area contributed by atoms with E-state index in [4.69, 9.17) is 0 Å². The zero-order valence-corrected chi connectivity index (χ0v) is 16.2. The van der Waals surface area contributed by atoms with Gasteiger partial charge in [-0.25, -0.2) is 9.78 Å². The van der Waals surface area contributed by atoms with E-state index in [2.05, 4.69) is 20.6 Å². The molecule has 1 atom stereocenters. The average Bonchev–Trinajstić information content (AvgIpc) is 3.07. The molecule has 1 fully saturated rings. The fraction of sp³-hybridized carbons (Fsp3) is 0.450. The van der Waals surface area contributed by atoms with E-state index in [0.29, 0.717) is 6.42 Å². The molecule has 1 saturated heterocycles. The summed E-state index contributed by atoms with van der Waals surface area (Å²) in [7, 11) is 0. The number of carbonyl (C=O) groups excluding carboxylic acids is 1. The number of aryl methyl sites for hydroxylation is 1. The minimum Gasteiger partial charge on any atom is -0.480 e. The summed E-state index contributed by atoms with van der Waals surface area (Å²) in [5.74, 6) is -1.28. The van der Waals surface area contributed by atoms with Crippen LogP contribution in [0.15, 0.2) is 35.7 Å². The number of aliphatic carboxylic acids is 1. The van der Waals surface area contributed by atoms with Crippen molar-refractivity contribution < 1.29 is 14.7 Å². The lowest BCUT2D eigenvalue weighted by atomic mass is 9.95. The molecule has 27 heavy (non-hydrogen) atoms. The highest BCUT2D eigenvalue weighted by Crippen LogP contribution is 2.20. The summed E-state index contributed by atoms with van der Waals surface area (Å²) in [6.45, 7) is 4.46. The molecule has 0 bridgehead atoms. The first kappa shape index (κ1) is 19.5. The molecule has 0 radical (unpaired) electrons. The number of piperidine rings is 1. The Morgan fingerprint density at radius 3 is 2.59 bits per heavy atom. The van der Waals surface area contributed by atoms with Crippen molar-refractivity contribution in [3.8, 4) is 0 Å². The lowest BCUT2D eigenvalue weighted by Crippen LogP contribution is -2.47. The van der Waals surface area contributed by atoms with E-state index in [1.165, 1.54) is 0 Å². The number of thiazole rings is 1. The van der Waals surface area contributed by atoms with E-state index in [1.807, 2.05) is 37.3 Å². The average molecular weight is 388 g/mol. The molecule has 0 aliphatic carbocycles. The smallest absolute Gasteiger partial charge is 0.326 e. The Morgan fingerprint density at radius 1 is 1.30 bits per heavy atom. The number of likely N-dealkylation sites (tertiary alicyclic amines) is 1. The van der Waals surface area contributed by atoms with Crippen LogP contribution in [0.4, 0.5) is 0 Å². The topological polar surface area (TPSA) is 82.5 Å². The largest absolute Gasteiger partial charge is 0.480 e. The Balaban J connectivity index is 1.49. The van der Waals surface area contributed by atoms with Crippen LogP contribution in [0.2, 0.25) is 0 Å². The number of carboxylic acid groups (broad SMARTS) is 1. The number of hydrogen-bond donors (Lipinski definition) is 2. The van der Waals surface area contributed by atoms with Crippen LogP contribution in [-0.2, 0) is 22.6 Å². The van der Waals surface area contributed by atoms with Crippen LogP contribution in [0.5, 0.6) is 0 Å². The van der Waals surface area contributed by atoms with Crippen molar-refractivity contribution in [1.29, 1.82) is 0 Å². The first-order valence-corrected chi connectivity index (χ1v) is 10.1. The Morgan fingerprint density at radius 2 is 2.00 bits per heavy atom. The second-order valence-electron chi connectivity index (χ2n) is 7.00. The molecule has 0 spiro atoms. The van der Waals surface area contributed by atoms with Gasteiger partial charge in [0.2, 0.25) is 5.91 Å². The summed E-state index contributed by atoms with van der Waals surface area (Å²) in [6, 6.07) is 8.49. The number of nitrogens with zero attached hydrogens (tertiary/aromatic N) is 2. The van der Waals surface area contributed by atoms with Gasteiger partial charge in [0.15, 0.2) is 0 Å². The maximum Gasteiger partial charge on any atom is 0.326 e. The predicted octanol–water partition coefficient (Wildman–Crippen LogP) is 2.48. The van der Waals surface area contributed by atoms with Crippen molar-refractivity contribution >= 4 is 23.2 Å². The fourth-order valence-electron chi connectivity index (χ4n) is 3.40. The highest BCUT2D eigenvalue weighted by Gasteiger charge is 2.28. The normalized spacial score (nSPS) is 16.8. The molecule has 3 rings (SSSR count). The number of benzene rings is 1. The molecule has 2 heterocycles. The monoisotopic (exact) mass is 387 g/mol. The summed E-state index contributed by atoms with van der Waals surface area (Å²) in [5.41, 5.74) is 1.98. The number of rotatable bonds is 7. The van der Waals surface area contributed by atoms with Gasteiger partial charge < -0.3 is 10.4 Å². The van der Waals surface area contributed by atoms with Crippen LogP contribution in [0, 0.1) is 12.8 Å². The first-order valence-electron chi connectivity index (χ1n) is 9.21. The molecule has 1 aromatic heterocycles. The van der Waals surface area contributed by atoms with Crippen LogP contribution in [-0.4, -0.2) is 46.0 Å². The van der Waals surface area contributed by atoms with E-state index >= 15 is 0 Å². The van der Waals surface area contributed by atoms with Gasteiger partial charge in [-0.2, -0.15) is 0 Å². The lowest BCUT2D eigenvalue weighted by Gasteiger charge is -2.31. The van der Waals surface area contributed by atoms with Gasteiger partial charge in [-0.1, -0.05) is 30.3 Å². The van der Waals surface area contributed by atoms with Crippen molar-refractivity contribution in [3.05, 3.63) is 52.0 Å². The van der Waals surface area contributed by atoms with Crippen LogP contribution in [0.25, 0.3) is 0 Å². The standard InChI is InChI=1S/C20H25N3O3S/c1-14-21-17(13-27-14)12-23-9-7-16(8-10-23)19(24)22-18(20(25)26)11-15-5-3-2-4-6-15/h2-6,13,16,18H,7-12H2,1H3,(H,22,24)(H,25,26)/t18-/m0/s1. The number of nitrogens with one attached hydrogen (secondary N) is 1. The van der Waals surface area contributed by atoms with Crippen molar-refractivity contribution in [2.45, 2.75) is 38.8 Å².